The van der Waals surface area contributed by atoms with E-state index in [-0.39, 0.29) is 5.97 Å². The third kappa shape index (κ3) is 11.6. The summed E-state index contributed by atoms with van der Waals surface area (Å²) >= 11 is 0. The summed E-state index contributed by atoms with van der Waals surface area (Å²) in [7, 11) is 0. The van der Waals surface area contributed by atoms with Crippen molar-refractivity contribution in [3.05, 3.63) is 0 Å². The van der Waals surface area contributed by atoms with Gasteiger partial charge in [0.05, 0.1) is 25.7 Å². The molecule has 0 aromatic rings. The Bertz CT molecular complexity index is 187. The number of aliphatic hydroxyl groups excluding tert-OH is 1. The van der Waals surface area contributed by atoms with Crippen LogP contribution in [0, 0.1) is 0 Å². The van der Waals surface area contributed by atoms with Crippen molar-refractivity contribution >= 4 is 5.97 Å². The van der Waals surface area contributed by atoms with Gasteiger partial charge in [-0.05, 0) is 13.3 Å². The molecule has 17 heavy (non-hydrogen) atoms. The molecule has 102 valence electrons. The number of aliphatic hydroxyl groups is 1. The third-order valence-corrected chi connectivity index (χ3v) is 2.14. The fourth-order valence-electron chi connectivity index (χ4n) is 1.22. The number of unbranched alkanes of at least 4 members (excludes halogenated alkanes) is 1. The largest absolute Gasteiger partial charge is 0.466 e. The van der Waals surface area contributed by atoms with Crippen molar-refractivity contribution in [1.82, 2.24) is 5.32 Å². The SMILES string of the molecule is CCCCOCC(O)CNCCC(=O)OCC. The summed E-state index contributed by atoms with van der Waals surface area (Å²) in [6.45, 7) is 6.27. The number of hydrogen-bond acceptors (Lipinski definition) is 5. The Morgan fingerprint density at radius 3 is 2.82 bits per heavy atom. The summed E-state index contributed by atoms with van der Waals surface area (Å²) in [4.78, 5) is 11.0. The first kappa shape index (κ1) is 16.4. The highest BCUT2D eigenvalue weighted by Crippen LogP contribution is 1.90. The average molecular weight is 247 g/mol. The van der Waals surface area contributed by atoms with Crippen LogP contribution in [0.2, 0.25) is 0 Å². The first-order chi connectivity index (χ1) is 8.20. The van der Waals surface area contributed by atoms with Crippen LogP contribution in [0.25, 0.3) is 0 Å². The zero-order chi connectivity index (χ0) is 12.9. The second-order valence-electron chi connectivity index (χ2n) is 3.84. The molecule has 0 aromatic carbocycles. The van der Waals surface area contributed by atoms with Crippen LogP contribution in [0.5, 0.6) is 0 Å². The molecule has 0 aliphatic rings. The lowest BCUT2D eigenvalue weighted by atomic mass is 10.3. The normalized spacial score (nSPS) is 12.4. The quantitative estimate of drug-likeness (QED) is 0.416. The lowest BCUT2D eigenvalue weighted by molar-refractivity contribution is -0.143. The molecule has 0 rings (SSSR count). The Labute approximate surface area is 103 Å². The van der Waals surface area contributed by atoms with Crippen LogP contribution in [0.4, 0.5) is 0 Å². The van der Waals surface area contributed by atoms with E-state index in [1.807, 2.05) is 0 Å². The molecule has 5 nitrogen and oxygen atoms in total. The van der Waals surface area contributed by atoms with E-state index < -0.39 is 6.10 Å². The van der Waals surface area contributed by atoms with Crippen LogP contribution in [-0.2, 0) is 14.3 Å². The Morgan fingerprint density at radius 2 is 2.18 bits per heavy atom. The molecule has 0 aliphatic heterocycles. The van der Waals surface area contributed by atoms with Gasteiger partial charge in [-0.2, -0.15) is 0 Å². The number of rotatable bonds is 11. The highest BCUT2D eigenvalue weighted by molar-refractivity contribution is 5.69. The molecule has 0 bridgehead atoms. The molecule has 2 N–H and O–H groups in total. The molecule has 1 atom stereocenters. The second-order valence-corrected chi connectivity index (χ2v) is 3.84. The van der Waals surface area contributed by atoms with E-state index in [2.05, 4.69) is 12.2 Å². The summed E-state index contributed by atoms with van der Waals surface area (Å²) in [6, 6.07) is 0. The minimum Gasteiger partial charge on any atom is -0.466 e. The maximum atomic E-state index is 11.0. The molecular formula is C12H25NO4. The first-order valence-corrected chi connectivity index (χ1v) is 6.32. The van der Waals surface area contributed by atoms with Gasteiger partial charge in [-0.3, -0.25) is 4.79 Å². The van der Waals surface area contributed by atoms with E-state index in [9.17, 15) is 9.90 Å². The van der Waals surface area contributed by atoms with Gasteiger partial charge < -0.3 is 19.9 Å². The number of nitrogens with one attached hydrogen (secondary N) is 1. The Kier molecular flexibility index (Phi) is 11.4. The average Bonchev–Trinajstić information content (AvgIpc) is 2.31. The van der Waals surface area contributed by atoms with E-state index in [1.165, 1.54) is 0 Å². The smallest absolute Gasteiger partial charge is 0.307 e. The standard InChI is InChI=1S/C12H25NO4/c1-3-5-8-16-10-11(14)9-13-7-6-12(15)17-4-2/h11,13-14H,3-10H2,1-2H3. The second kappa shape index (κ2) is 11.8. The zero-order valence-corrected chi connectivity index (χ0v) is 10.9. The van der Waals surface area contributed by atoms with Crippen molar-refractivity contribution in [1.29, 1.82) is 0 Å². The number of ether oxygens (including phenoxy) is 2. The van der Waals surface area contributed by atoms with Crippen molar-refractivity contribution in [3.63, 3.8) is 0 Å². The fourth-order valence-corrected chi connectivity index (χ4v) is 1.22. The summed E-state index contributed by atoms with van der Waals surface area (Å²) < 4.78 is 10.0. The topological polar surface area (TPSA) is 67.8 Å². The monoisotopic (exact) mass is 247 g/mol. The minimum atomic E-state index is -0.519. The van der Waals surface area contributed by atoms with Gasteiger partial charge in [-0.25, -0.2) is 0 Å². The van der Waals surface area contributed by atoms with E-state index >= 15 is 0 Å². The predicted molar refractivity (Wildman–Crippen MR) is 65.9 cm³/mol. The van der Waals surface area contributed by atoms with E-state index in [4.69, 9.17) is 9.47 Å². The Hall–Kier alpha value is -0.650. The van der Waals surface area contributed by atoms with E-state index in [0.29, 0.717) is 39.3 Å². The number of hydrogen-bond donors (Lipinski definition) is 2. The Morgan fingerprint density at radius 1 is 1.41 bits per heavy atom. The molecule has 0 amide bonds. The van der Waals surface area contributed by atoms with Gasteiger partial charge in [0.1, 0.15) is 0 Å². The van der Waals surface area contributed by atoms with E-state index in [0.717, 1.165) is 12.8 Å². The molecule has 0 radical (unpaired) electrons. The maximum Gasteiger partial charge on any atom is 0.307 e. The van der Waals surface area contributed by atoms with Gasteiger partial charge in [-0.15, -0.1) is 0 Å². The zero-order valence-electron chi connectivity index (χ0n) is 10.9. The maximum absolute atomic E-state index is 11.0. The van der Waals surface area contributed by atoms with Crippen molar-refractivity contribution < 1.29 is 19.4 Å². The highest BCUT2D eigenvalue weighted by Gasteiger charge is 2.05. The van der Waals surface area contributed by atoms with Gasteiger partial charge in [-0.1, -0.05) is 13.3 Å². The molecule has 5 heteroatoms. The Balaban J connectivity index is 3.26. The van der Waals surface area contributed by atoms with E-state index in [1.54, 1.807) is 6.92 Å². The van der Waals surface area contributed by atoms with Crippen LogP contribution in [0.3, 0.4) is 0 Å². The third-order valence-electron chi connectivity index (χ3n) is 2.14. The lowest BCUT2D eigenvalue weighted by Crippen LogP contribution is -2.32. The molecular weight excluding hydrogens is 222 g/mol. The fraction of sp³-hybridized carbons (Fsp3) is 0.917. The number of carbonyl (C=O) groups excluding carboxylic acids is 1. The van der Waals surface area contributed by atoms with Crippen molar-refractivity contribution in [2.24, 2.45) is 0 Å². The van der Waals surface area contributed by atoms with Crippen LogP contribution in [-0.4, -0.2) is 50.1 Å². The van der Waals surface area contributed by atoms with Gasteiger partial charge in [0.15, 0.2) is 0 Å². The molecule has 0 aromatic heterocycles. The van der Waals surface area contributed by atoms with Crippen LogP contribution in [0.15, 0.2) is 0 Å². The van der Waals surface area contributed by atoms with Crippen LogP contribution >= 0.6 is 0 Å². The summed E-state index contributed by atoms with van der Waals surface area (Å²) in [5.74, 6) is -0.214. The molecule has 0 fully saturated rings. The lowest BCUT2D eigenvalue weighted by Gasteiger charge is -2.12. The van der Waals surface area contributed by atoms with Crippen LogP contribution < -0.4 is 5.32 Å². The molecule has 0 saturated heterocycles. The van der Waals surface area contributed by atoms with Gasteiger partial charge in [0, 0.05) is 19.7 Å². The summed E-state index contributed by atoms with van der Waals surface area (Å²) in [5, 5.41) is 12.5. The number of carbonyl (C=O) groups is 1. The summed E-state index contributed by atoms with van der Waals surface area (Å²) in [5.41, 5.74) is 0. The number of esters is 1. The van der Waals surface area contributed by atoms with Gasteiger partial charge in [0.2, 0.25) is 0 Å². The molecule has 0 spiro atoms. The van der Waals surface area contributed by atoms with Gasteiger partial charge >= 0.3 is 5.97 Å². The van der Waals surface area contributed by atoms with Gasteiger partial charge in [0.25, 0.3) is 0 Å². The van der Waals surface area contributed by atoms with Crippen molar-refractivity contribution in [2.45, 2.75) is 39.2 Å². The predicted octanol–water partition coefficient (Wildman–Crippen LogP) is 0.707. The van der Waals surface area contributed by atoms with Crippen molar-refractivity contribution in [3.8, 4) is 0 Å². The highest BCUT2D eigenvalue weighted by atomic mass is 16.5. The summed E-state index contributed by atoms with van der Waals surface area (Å²) in [6.07, 6.45) is 1.92. The van der Waals surface area contributed by atoms with Crippen molar-refractivity contribution in [2.75, 3.05) is 32.9 Å². The minimum absolute atomic E-state index is 0.214. The first-order valence-electron chi connectivity index (χ1n) is 6.32. The molecule has 0 saturated carbocycles. The molecule has 1 unspecified atom stereocenters. The molecule has 0 aliphatic carbocycles. The van der Waals surface area contributed by atoms with Crippen LogP contribution in [0.1, 0.15) is 33.1 Å². The molecule has 0 heterocycles.